The molecule has 18 nitrogen and oxygen atoms in total. The first-order chi connectivity index (χ1) is 29.4. The van der Waals surface area contributed by atoms with Gasteiger partial charge in [-0.15, -0.1) is 0 Å². The quantitative estimate of drug-likeness (QED) is 0.102. The first-order valence-corrected chi connectivity index (χ1v) is 23.0. The van der Waals surface area contributed by atoms with Gasteiger partial charge in [0.05, 0.1) is 44.4 Å². The van der Waals surface area contributed by atoms with Crippen LogP contribution in [0.2, 0.25) is 0 Å². The van der Waals surface area contributed by atoms with Crippen molar-refractivity contribution in [3.8, 4) is 0 Å². The van der Waals surface area contributed by atoms with Crippen LogP contribution in [-0.2, 0) is 33.2 Å². The van der Waals surface area contributed by atoms with E-state index in [9.17, 15) is 56.2 Å². The van der Waals surface area contributed by atoms with Gasteiger partial charge in [0.1, 0.15) is 73.2 Å². The van der Waals surface area contributed by atoms with Crippen LogP contribution in [0.15, 0.2) is 11.3 Å². The normalized spacial score (nSPS) is 53.3. The van der Waals surface area contributed by atoms with Crippen LogP contribution in [0, 0.1) is 46.3 Å². The SMILES string of the molecule is CC1=C(CC[C@@H](C)CO[C@@H]2O[C@H](CO)[C@@H](O)[C@H](O)[C@H]2O)O[C@H]2C[C@H]3[C@@H]4CC[C@H]5C[C@@H](O[C@@H]6O[C@H](CO[C@@H]7OC[C@@H](O)[C@@H](O)[C@H]7O)[C@@H](O)[C@@H](O)[C@H]6O)[C@H](O)C[C@]5(C)[C@H]4CC[C@]3(C)[C@@H]12. The van der Waals surface area contributed by atoms with Crippen LogP contribution in [-0.4, -0.2) is 187 Å². The molecular weight excluding hydrogens is 816 g/mol. The number of hydrogen-bond donors (Lipinski definition) is 11. The van der Waals surface area contributed by atoms with Gasteiger partial charge >= 0.3 is 0 Å². The molecular formula is C44H72O18. The molecule has 0 amide bonds. The van der Waals surface area contributed by atoms with Crippen LogP contribution in [0.3, 0.4) is 0 Å². The zero-order chi connectivity index (χ0) is 44.6. The Hall–Kier alpha value is -1.14. The number of aliphatic hydroxyl groups is 11. The molecule has 4 aliphatic heterocycles. The lowest BCUT2D eigenvalue weighted by atomic mass is 9.44. The van der Waals surface area contributed by atoms with Gasteiger partial charge in [-0.25, -0.2) is 0 Å². The van der Waals surface area contributed by atoms with E-state index in [1.807, 2.05) is 6.92 Å². The molecule has 8 aliphatic rings. The molecule has 0 spiro atoms. The number of rotatable bonds is 12. The van der Waals surface area contributed by atoms with Gasteiger partial charge in [0.2, 0.25) is 0 Å². The molecule has 11 N–H and O–H groups in total. The van der Waals surface area contributed by atoms with Crippen molar-refractivity contribution < 1.29 is 89.3 Å². The van der Waals surface area contributed by atoms with Crippen LogP contribution in [0.4, 0.5) is 0 Å². The Labute approximate surface area is 362 Å². The maximum atomic E-state index is 11.7. The molecule has 356 valence electrons. The summed E-state index contributed by atoms with van der Waals surface area (Å²) in [6.07, 6.45) is -13.3. The van der Waals surface area contributed by atoms with Crippen molar-refractivity contribution >= 4 is 0 Å². The van der Waals surface area contributed by atoms with Gasteiger partial charge in [0.15, 0.2) is 18.9 Å². The molecule has 0 aromatic carbocycles. The van der Waals surface area contributed by atoms with Crippen molar-refractivity contribution in [2.45, 2.75) is 190 Å². The summed E-state index contributed by atoms with van der Waals surface area (Å²) in [6.45, 7) is 8.13. The van der Waals surface area contributed by atoms with Crippen LogP contribution < -0.4 is 0 Å². The second-order valence-electron chi connectivity index (χ2n) is 20.6. The lowest BCUT2D eigenvalue weighted by Crippen LogP contribution is -2.62. The minimum Gasteiger partial charge on any atom is -0.494 e. The van der Waals surface area contributed by atoms with Crippen LogP contribution in [0.1, 0.15) is 85.5 Å². The molecule has 0 unspecified atom stereocenters. The van der Waals surface area contributed by atoms with E-state index in [2.05, 4.69) is 20.8 Å². The third-order valence-electron chi connectivity index (χ3n) is 17.0. The summed E-state index contributed by atoms with van der Waals surface area (Å²) in [5.41, 5.74) is 1.27. The second kappa shape index (κ2) is 18.5. The number of allylic oxidation sites excluding steroid dienone is 1. The summed E-state index contributed by atoms with van der Waals surface area (Å²) in [6, 6.07) is 0. The van der Waals surface area contributed by atoms with Gasteiger partial charge in [-0.2, -0.15) is 0 Å². The lowest BCUT2D eigenvalue weighted by molar-refractivity contribution is -0.336. The molecule has 18 heteroatoms. The van der Waals surface area contributed by atoms with E-state index < -0.39 is 105 Å². The smallest absolute Gasteiger partial charge is 0.187 e. The van der Waals surface area contributed by atoms with Crippen molar-refractivity contribution in [1.29, 1.82) is 0 Å². The molecule has 4 saturated carbocycles. The van der Waals surface area contributed by atoms with Crippen molar-refractivity contribution in [1.82, 2.24) is 0 Å². The highest BCUT2D eigenvalue weighted by molar-refractivity contribution is 5.27. The monoisotopic (exact) mass is 888 g/mol. The summed E-state index contributed by atoms with van der Waals surface area (Å²) >= 11 is 0. The Bertz CT molecular complexity index is 1570. The minimum atomic E-state index is -1.65. The Morgan fingerprint density at radius 1 is 0.710 bits per heavy atom. The zero-order valence-corrected chi connectivity index (χ0v) is 36.2. The van der Waals surface area contributed by atoms with E-state index in [1.54, 1.807) is 0 Å². The van der Waals surface area contributed by atoms with Crippen molar-refractivity contribution in [3.05, 3.63) is 11.3 Å². The first-order valence-electron chi connectivity index (χ1n) is 23.0. The van der Waals surface area contributed by atoms with E-state index in [-0.39, 0.29) is 48.6 Å². The van der Waals surface area contributed by atoms with E-state index in [4.69, 9.17) is 33.2 Å². The van der Waals surface area contributed by atoms with Crippen molar-refractivity contribution in [2.75, 3.05) is 26.4 Å². The van der Waals surface area contributed by atoms with Gasteiger partial charge in [0, 0.05) is 12.3 Å². The fraction of sp³-hybridized carbons (Fsp3) is 0.955. The molecule has 0 aromatic heterocycles. The molecule has 8 rings (SSSR count). The summed E-state index contributed by atoms with van der Waals surface area (Å²) in [4.78, 5) is 0. The molecule has 7 fully saturated rings. The summed E-state index contributed by atoms with van der Waals surface area (Å²) in [5, 5.41) is 114. The van der Waals surface area contributed by atoms with E-state index in [1.165, 1.54) is 5.57 Å². The first kappa shape index (κ1) is 47.4. The van der Waals surface area contributed by atoms with Crippen molar-refractivity contribution in [3.63, 3.8) is 0 Å². The third kappa shape index (κ3) is 8.43. The molecule has 4 heterocycles. The predicted molar refractivity (Wildman–Crippen MR) is 213 cm³/mol. The van der Waals surface area contributed by atoms with Crippen LogP contribution in [0.5, 0.6) is 0 Å². The number of ether oxygens (including phenoxy) is 7. The molecule has 0 radical (unpaired) electrons. The van der Waals surface area contributed by atoms with Crippen LogP contribution >= 0.6 is 0 Å². The summed E-state index contributed by atoms with van der Waals surface area (Å²) < 4.78 is 41.1. The molecule has 62 heavy (non-hydrogen) atoms. The second-order valence-corrected chi connectivity index (χ2v) is 20.6. The lowest BCUT2D eigenvalue weighted by Gasteiger charge is -2.61. The third-order valence-corrected chi connectivity index (χ3v) is 17.0. The van der Waals surface area contributed by atoms with Crippen LogP contribution in [0.25, 0.3) is 0 Å². The highest BCUT2D eigenvalue weighted by atomic mass is 16.7. The highest BCUT2D eigenvalue weighted by Gasteiger charge is 2.65. The fourth-order valence-corrected chi connectivity index (χ4v) is 13.4. The maximum absolute atomic E-state index is 11.7. The Balaban J connectivity index is 0.850. The Kier molecular flexibility index (Phi) is 14.1. The van der Waals surface area contributed by atoms with Gasteiger partial charge in [-0.05, 0) is 104 Å². The molecule has 0 bridgehead atoms. The fourth-order valence-electron chi connectivity index (χ4n) is 13.4. The minimum absolute atomic E-state index is 0.0831. The van der Waals surface area contributed by atoms with Gasteiger partial charge < -0.3 is 89.3 Å². The number of aliphatic hydroxyl groups excluding tert-OH is 11. The van der Waals surface area contributed by atoms with Gasteiger partial charge in [0.25, 0.3) is 0 Å². The topological polar surface area (TPSA) is 287 Å². The van der Waals surface area contributed by atoms with Gasteiger partial charge in [-0.3, -0.25) is 0 Å². The molecule has 3 saturated heterocycles. The largest absolute Gasteiger partial charge is 0.494 e. The number of hydrogen-bond acceptors (Lipinski definition) is 18. The standard InChI is InChI=1S/C44H72O18/c1-18(15-56-41-38(54)35(51)33(49)29(14-45)61-41)5-8-26-19(2)31-28(59-26)12-23-21-7-6-20-11-27(24(46)13-44(20,4)22(21)9-10-43(23,31)3)60-42-39(55)36(52)34(50)30(62-42)17-58-40-37(53)32(48)25(47)16-57-40/h18,20-25,27-42,45-55H,5-17H2,1-4H3/t18-,20+,21-,22+,23+,24-,25-,27-,28+,29-,30-,31+,32-,33-,34-,35+,36-,37-,38-,39-,40+,41-,42-,43+,44+/m1/s1. The van der Waals surface area contributed by atoms with Gasteiger partial charge in [-0.1, -0.05) is 20.8 Å². The summed E-state index contributed by atoms with van der Waals surface area (Å²) in [5.74, 6) is 3.09. The predicted octanol–water partition coefficient (Wildman–Crippen LogP) is -1.22. The highest BCUT2D eigenvalue weighted by Crippen LogP contribution is 2.70. The Morgan fingerprint density at radius 2 is 1.39 bits per heavy atom. The van der Waals surface area contributed by atoms with E-state index in [0.29, 0.717) is 36.5 Å². The zero-order valence-electron chi connectivity index (χ0n) is 36.2. The molecule has 25 atom stereocenters. The van der Waals surface area contributed by atoms with E-state index >= 15 is 0 Å². The molecule has 0 aromatic rings. The average Bonchev–Trinajstić information content (AvgIpc) is 3.73. The van der Waals surface area contributed by atoms with Crippen molar-refractivity contribution in [2.24, 2.45) is 46.3 Å². The summed E-state index contributed by atoms with van der Waals surface area (Å²) in [7, 11) is 0. The molecule has 4 aliphatic carbocycles. The maximum Gasteiger partial charge on any atom is 0.187 e. The Morgan fingerprint density at radius 3 is 2.11 bits per heavy atom. The number of fused-ring (bicyclic) bond motifs is 7. The van der Waals surface area contributed by atoms with E-state index in [0.717, 1.165) is 50.7 Å². The average molecular weight is 889 g/mol.